The van der Waals surface area contributed by atoms with Crippen molar-refractivity contribution < 1.29 is 27.8 Å². The second kappa shape index (κ2) is 12.8. The molecular formula is C28H39F2N9O4. The first-order valence-electron chi connectivity index (χ1n) is 14.7. The number of fused-ring (bicyclic) bond motifs is 1. The summed E-state index contributed by atoms with van der Waals surface area (Å²) in [5.41, 5.74) is -0.300. The first kappa shape index (κ1) is 30.6. The van der Waals surface area contributed by atoms with Crippen LogP contribution in [0.15, 0.2) is 24.7 Å². The van der Waals surface area contributed by atoms with Gasteiger partial charge in [-0.3, -0.25) is 5.32 Å². The Morgan fingerprint density at radius 2 is 1.93 bits per heavy atom. The van der Waals surface area contributed by atoms with Crippen LogP contribution in [0.3, 0.4) is 0 Å². The lowest BCUT2D eigenvalue weighted by atomic mass is 9.68. The van der Waals surface area contributed by atoms with Crippen molar-refractivity contribution in [1.29, 1.82) is 0 Å². The van der Waals surface area contributed by atoms with Crippen LogP contribution in [0.5, 0.6) is 11.8 Å². The highest BCUT2D eigenvalue weighted by Gasteiger charge is 2.48. The van der Waals surface area contributed by atoms with Gasteiger partial charge in [0, 0.05) is 57.4 Å². The quantitative estimate of drug-likeness (QED) is 0.484. The molecule has 3 aliphatic rings. The molecule has 3 atom stereocenters. The number of piperidine rings is 2. The summed E-state index contributed by atoms with van der Waals surface area (Å²) in [4.78, 5) is 47.3. The number of nitrogens with one attached hydrogen (secondary N) is 2. The molecule has 2 aromatic heterocycles. The summed E-state index contributed by atoms with van der Waals surface area (Å²) in [6.07, 6.45) is 7.96. The zero-order valence-corrected chi connectivity index (χ0v) is 24.8. The van der Waals surface area contributed by atoms with Crippen LogP contribution >= 0.6 is 0 Å². The third-order valence-electron chi connectivity index (χ3n) is 8.67. The van der Waals surface area contributed by atoms with Gasteiger partial charge in [0.2, 0.25) is 17.7 Å². The molecule has 0 aromatic carbocycles. The smallest absolute Gasteiger partial charge is 0.414 e. The topological polar surface area (TPSA) is 138 Å². The minimum atomic E-state index is -3.16. The number of hydrogen-bond acceptors (Lipinski definition) is 10. The van der Waals surface area contributed by atoms with E-state index in [-0.39, 0.29) is 42.2 Å². The first-order valence-corrected chi connectivity index (χ1v) is 14.7. The summed E-state index contributed by atoms with van der Waals surface area (Å²) >= 11 is 0. The van der Waals surface area contributed by atoms with Gasteiger partial charge in [-0.2, -0.15) is 4.98 Å². The van der Waals surface area contributed by atoms with Gasteiger partial charge in [0.1, 0.15) is 6.04 Å². The zero-order valence-electron chi connectivity index (χ0n) is 24.8. The van der Waals surface area contributed by atoms with E-state index in [1.165, 1.54) is 31.7 Å². The molecule has 13 nitrogen and oxygen atoms in total. The second-order valence-electron chi connectivity index (χ2n) is 11.5. The lowest BCUT2D eigenvalue weighted by Gasteiger charge is -2.50. The Bertz CT molecular complexity index is 1290. The van der Waals surface area contributed by atoms with Gasteiger partial charge in [-0.1, -0.05) is 12.8 Å². The molecular weight excluding hydrogens is 564 g/mol. The van der Waals surface area contributed by atoms with Crippen LogP contribution in [0.2, 0.25) is 0 Å². The molecule has 0 unspecified atom stereocenters. The van der Waals surface area contributed by atoms with Crippen molar-refractivity contribution in [2.24, 2.45) is 5.92 Å². The SMILES string of the molecule is CCOc1cnc(NC(=O)N(C)[C@H]2CN(c3nccc(OC(=O)N[C@]45CCCC[C@H]4CN(C)CC5)n3)CCC2(F)F)cn1. The Morgan fingerprint density at radius 1 is 1.09 bits per heavy atom. The van der Waals surface area contributed by atoms with Crippen LogP contribution in [0, 0.1) is 5.92 Å². The minimum Gasteiger partial charge on any atom is -0.477 e. The fourth-order valence-corrected chi connectivity index (χ4v) is 6.27. The second-order valence-corrected chi connectivity index (χ2v) is 11.5. The number of anilines is 2. The maximum absolute atomic E-state index is 15.1. The van der Waals surface area contributed by atoms with Crippen molar-refractivity contribution in [1.82, 2.24) is 35.1 Å². The molecule has 2 saturated heterocycles. The summed E-state index contributed by atoms with van der Waals surface area (Å²) < 4.78 is 40.9. The van der Waals surface area contributed by atoms with Crippen molar-refractivity contribution in [2.75, 3.05) is 57.1 Å². The summed E-state index contributed by atoms with van der Waals surface area (Å²) in [6, 6.07) is -0.796. The van der Waals surface area contributed by atoms with Crippen molar-refractivity contribution in [3.63, 3.8) is 0 Å². The number of carbonyl (C=O) groups is 2. The molecule has 3 amide bonds. The van der Waals surface area contributed by atoms with Crippen LogP contribution in [-0.2, 0) is 0 Å². The maximum Gasteiger partial charge on any atom is 0.414 e. The molecule has 5 rings (SSSR count). The number of ether oxygens (including phenoxy) is 2. The number of hydrogen-bond donors (Lipinski definition) is 2. The molecule has 4 heterocycles. The van der Waals surface area contributed by atoms with E-state index in [4.69, 9.17) is 9.47 Å². The number of rotatable bonds is 7. The fraction of sp³-hybridized carbons (Fsp3) is 0.643. The van der Waals surface area contributed by atoms with E-state index >= 15 is 8.78 Å². The lowest BCUT2D eigenvalue weighted by molar-refractivity contribution is -0.0760. The summed E-state index contributed by atoms with van der Waals surface area (Å²) in [5.74, 6) is -2.27. The number of carbonyl (C=O) groups excluding carboxylic acids is 2. The average molecular weight is 604 g/mol. The third-order valence-corrected chi connectivity index (χ3v) is 8.67. The third kappa shape index (κ3) is 7.03. The molecule has 15 heteroatoms. The summed E-state index contributed by atoms with van der Waals surface area (Å²) in [6.45, 7) is 3.75. The Morgan fingerprint density at radius 3 is 2.70 bits per heavy atom. The molecule has 1 saturated carbocycles. The van der Waals surface area contributed by atoms with Crippen LogP contribution in [-0.4, -0.2) is 106 Å². The minimum absolute atomic E-state index is 0.0215. The maximum atomic E-state index is 15.1. The number of urea groups is 1. The van der Waals surface area contributed by atoms with E-state index in [0.717, 1.165) is 50.1 Å². The fourth-order valence-electron chi connectivity index (χ4n) is 6.27. The predicted molar refractivity (Wildman–Crippen MR) is 154 cm³/mol. The van der Waals surface area contributed by atoms with E-state index in [2.05, 4.69) is 42.5 Å². The van der Waals surface area contributed by atoms with E-state index in [1.807, 2.05) is 0 Å². The van der Waals surface area contributed by atoms with E-state index in [1.54, 1.807) is 11.8 Å². The Balaban J connectivity index is 1.22. The van der Waals surface area contributed by atoms with Gasteiger partial charge in [0.25, 0.3) is 5.92 Å². The molecule has 0 radical (unpaired) electrons. The standard InChI is InChI=1S/C28H39F2N9O4/c1-4-42-23-16-32-21(15-33-23)34-25(40)38(3)20-18-39(14-11-28(20,29)30)24-31-12-8-22(35-24)43-26(41)36-27-9-6-5-7-19(27)17-37(2)13-10-27/h8,12,15-16,19-20H,4-7,9-11,13-14,17-18H2,1-3H3,(H,36,41)(H,32,34,40)/t19-,20-,27-/m0/s1. The van der Waals surface area contributed by atoms with Crippen LogP contribution < -0.4 is 25.0 Å². The predicted octanol–water partition coefficient (Wildman–Crippen LogP) is 3.40. The number of likely N-dealkylation sites (N-methyl/N-ethyl adjacent to an activating group) is 1. The number of likely N-dealkylation sites (tertiary alicyclic amines) is 1. The Labute approximate surface area is 249 Å². The van der Waals surface area contributed by atoms with Gasteiger partial charge in [-0.05, 0) is 39.2 Å². The molecule has 43 heavy (non-hydrogen) atoms. The summed E-state index contributed by atoms with van der Waals surface area (Å²) in [5, 5.41) is 5.64. The monoisotopic (exact) mass is 603 g/mol. The molecule has 0 spiro atoms. The van der Waals surface area contributed by atoms with E-state index in [0.29, 0.717) is 12.5 Å². The Kier molecular flexibility index (Phi) is 9.08. The molecule has 234 valence electrons. The largest absolute Gasteiger partial charge is 0.477 e. The lowest BCUT2D eigenvalue weighted by Crippen LogP contribution is -2.62. The normalized spacial score (nSPS) is 25.3. The Hall–Kier alpha value is -3.88. The van der Waals surface area contributed by atoms with Crippen molar-refractivity contribution in [3.8, 4) is 11.8 Å². The molecule has 2 aliphatic heterocycles. The van der Waals surface area contributed by atoms with Gasteiger partial charge in [0.15, 0.2) is 5.82 Å². The van der Waals surface area contributed by atoms with Gasteiger partial charge in [0.05, 0.1) is 19.0 Å². The highest BCUT2D eigenvalue weighted by molar-refractivity contribution is 5.88. The van der Waals surface area contributed by atoms with Gasteiger partial charge >= 0.3 is 12.1 Å². The molecule has 2 N–H and O–H groups in total. The van der Waals surface area contributed by atoms with Gasteiger partial charge < -0.3 is 29.5 Å². The molecule has 1 aliphatic carbocycles. The van der Waals surface area contributed by atoms with E-state index in [9.17, 15) is 9.59 Å². The number of halogens is 2. The van der Waals surface area contributed by atoms with E-state index < -0.39 is 30.5 Å². The number of aromatic nitrogens is 4. The number of amides is 3. The van der Waals surface area contributed by atoms with Crippen molar-refractivity contribution in [3.05, 3.63) is 24.7 Å². The van der Waals surface area contributed by atoms with Crippen molar-refractivity contribution >= 4 is 23.9 Å². The van der Waals surface area contributed by atoms with Crippen LogP contribution in [0.1, 0.15) is 45.4 Å². The highest BCUT2D eigenvalue weighted by Crippen LogP contribution is 2.40. The first-order chi connectivity index (χ1) is 20.6. The molecule has 3 fully saturated rings. The van der Waals surface area contributed by atoms with Crippen LogP contribution in [0.4, 0.5) is 30.1 Å². The van der Waals surface area contributed by atoms with Crippen molar-refractivity contribution in [2.45, 2.75) is 63.0 Å². The van der Waals surface area contributed by atoms with Gasteiger partial charge in [-0.15, -0.1) is 0 Å². The average Bonchev–Trinajstić information content (AvgIpc) is 2.98. The number of alkyl halides is 2. The summed E-state index contributed by atoms with van der Waals surface area (Å²) in [7, 11) is 3.39. The zero-order chi connectivity index (χ0) is 30.6. The number of nitrogens with zero attached hydrogens (tertiary/aromatic N) is 7. The molecule has 2 aromatic rings. The van der Waals surface area contributed by atoms with Crippen LogP contribution in [0.25, 0.3) is 0 Å². The highest BCUT2D eigenvalue weighted by atomic mass is 19.3. The molecule has 0 bridgehead atoms. The van der Waals surface area contributed by atoms with Gasteiger partial charge in [-0.25, -0.2) is 33.3 Å².